The van der Waals surface area contributed by atoms with E-state index in [1.165, 1.54) is 16.7 Å². The molecule has 0 N–H and O–H groups in total. The second-order valence-corrected chi connectivity index (χ2v) is 7.33. The van der Waals surface area contributed by atoms with Gasteiger partial charge >= 0.3 is 0 Å². The Labute approximate surface area is 148 Å². The summed E-state index contributed by atoms with van der Waals surface area (Å²) in [6, 6.07) is 17.1. The minimum atomic E-state index is 0.325. The molecule has 0 aliphatic heterocycles. The molecular weight excluding hydrogens is 314 g/mol. The van der Waals surface area contributed by atoms with Gasteiger partial charge in [0.25, 0.3) is 0 Å². The van der Waals surface area contributed by atoms with E-state index in [1.807, 2.05) is 0 Å². The molecule has 3 nitrogen and oxygen atoms in total. The summed E-state index contributed by atoms with van der Waals surface area (Å²) in [5, 5.41) is 9.87. The fourth-order valence-electron chi connectivity index (χ4n) is 2.62. The summed E-state index contributed by atoms with van der Waals surface area (Å²) < 4.78 is 2.21. The van der Waals surface area contributed by atoms with Gasteiger partial charge in [0.05, 0.1) is 5.69 Å². The quantitative estimate of drug-likeness (QED) is 0.592. The molecule has 3 aromatic rings. The molecule has 0 unspecified atom stereocenters. The van der Waals surface area contributed by atoms with Gasteiger partial charge in [0.15, 0.2) is 5.16 Å². The maximum atomic E-state index is 4.46. The van der Waals surface area contributed by atoms with Crippen LogP contribution >= 0.6 is 11.8 Å². The van der Waals surface area contributed by atoms with E-state index in [4.69, 9.17) is 0 Å². The molecule has 0 spiro atoms. The van der Waals surface area contributed by atoms with Crippen LogP contribution in [-0.4, -0.2) is 14.8 Å². The first-order valence-corrected chi connectivity index (χ1v) is 9.24. The minimum Gasteiger partial charge on any atom is -0.274 e. The van der Waals surface area contributed by atoms with Gasteiger partial charge in [-0.1, -0.05) is 73.6 Å². The van der Waals surface area contributed by atoms with Crippen molar-refractivity contribution in [3.63, 3.8) is 0 Å². The number of aryl methyl sites for hydroxylation is 2. The summed E-state index contributed by atoms with van der Waals surface area (Å²) >= 11 is 1.74. The van der Waals surface area contributed by atoms with E-state index in [2.05, 4.69) is 91.0 Å². The number of para-hydroxylation sites is 1. The van der Waals surface area contributed by atoms with Crippen LogP contribution in [0, 0.1) is 13.8 Å². The zero-order chi connectivity index (χ0) is 17.1. The van der Waals surface area contributed by atoms with Gasteiger partial charge < -0.3 is 0 Å². The summed E-state index contributed by atoms with van der Waals surface area (Å²) in [4.78, 5) is 0. The monoisotopic (exact) mass is 337 g/mol. The highest BCUT2D eigenvalue weighted by Crippen LogP contribution is 2.29. The van der Waals surface area contributed by atoms with Crippen molar-refractivity contribution in [3.05, 3.63) is 71.0 Å². The first-order valence-electron chi connectivity index (χ1n) is 8.26. The van der Waals surface area contributed by atoms with E-state index < -0.39 is 0 Å². The fraction of sp³-hybridized carbons (Fsp3) is 0.300. The lowest BCUT2D eigenvalue weighted by atomic mass is 10.1. The Kier molecular flexibility index (Phi) is 5.05. The number of aromatic nitrogens is 3. The van der Waals surface area contributed by atoms with Gasteiger partial charge in [0, 0.05) is 11.7 Å². The van der Waals surface area contributed by atoms with E-state index in [0.29, 0.717) is 5.92 Å². The second kappa shape index (κ2) is 7.22. The Bertz CT molecular complexity index is 819. The van der Waals surface area contributed by atoms with E-state index >= 15 is 0 Å². The summed E-state index contributed by atoms with van der Waals surface area (Å²) in [5.41, 5.74) is 4.99. The Morgan fingerprint density at radius 3 is 2.33 bits per heavy atom. The van der Waals surface area contributed by atoms with Crippen molar-refractivity contribution in [2.45, 2.75) is 44.5 Å². The highest BCUT2D eigenvalue weighted by Gasteiger charge is 2.18. The molecule has 124 valence electrons. The molecule has 1 heterocycles. The topological polar surface area (TPSA) is 30.7 Å². The van der Waals surface area contributed by atoms with Crippen molar-refractivity contribution in [1.82, 2.24) is 14.8 Å². The average Bonchev–Trinajstić information content (AvgIpc) is 2.99. The third kappa shape index (κ3) is 3.54. The van der Waals surface area contributed by atoms with Crippen molar-refractivity contribution in [3.8, 4) is 5.69 Å². The molecule has 1 aromatic heterocycles. The van der Waals surface area contributed by atoms with Crippen LogP contribution in [0.1, 0.15) is 42.3 Å². The van der Waals surface area contributed by atoms with Crippen LogP contribution in [0.3, 0.4) is 0 Å². The zero-order valence-corrected chi connectivity index (χ0v) is 15.5. The molecule has 0 amide bonds. The van der Waals surface area contributed by atoms with Crippen molar-refractivity contribution in [1.29, 1.82) is 0 Å². The SMILES string of the molecule is Cc1ccc(CSc2nnc(C(C)C)n2-c2ccccc2C)cc1. The molecule has 2 aromatic carbocycles. The molecule has 0 saturated heterocycles. The largest absolute Gasteiger partial charge is 0.274 e. The Morgan fingerprint density at radius 2 is 1.67 bits per heavy atom. The number of hydrogen-bond donors (Lipinski definition) is 0. The lowest BCUT2D eigenvalue weighted by molar-refractivity contribution is 0.730. The summed E-state index contributed by atoms with van der Waals surface area (Å²) in [5.74, 6) is 2.23. The van der Waals surface area contributed by atoms with E-state index in [-0.39, 0.29) is 0 Å². The molecule has 0 saturated carbocycles. The molecule has 4 heteroatoms. The second-order valence-electron chi connectivity index (χ2n) is 6.39. The lowest BCUT2D eigenvalue weighted by Gasteiger charge is -2.14. The molecule has 0 radical (unpaired) electrons. The summed E-state index contributed by atoms with van der Waals surface area (Å²) in [7, 11) is 0. The van der Waals surface area contributed by atoms with E-state index in [1.54, 1.807) is 11.8 Å². The highest BCUT2D eigenvalue weighted by atomic mass is 32.2. The Morgan fingerprint density at radius 1 is 0.958 bits per heavy atom. The maximum Gasteiger partial charge on any atom is 0.196 e. The number of rotatable bonds is 5. The van der Waals surface area contributed by atoms with Crippen LogP contribution in [0.5, 0.6) is 0 Å². The third-order valence-electron chi connectivity index (χ3n) is 4.02. The van der Waals surface area contributed by atoms with Crippen LogP contribution in [0.25, 0.3) is 5.69 Å². The number of hydrogen-bond acceptors (Lipinski definition) is 3. The molecule has 0 fully saturated rings. The van der Waals surface area contributed by atoms with Gasteiger partial charge in [-0.15, -0.1) is 10.2 Å². The number of nitrogens with zero attached hydrogens (tertiary/aromatic N) is 3. The van der Waals surface area contributed by atoms with Crippen LogP contribution in [-0.2, 0) is 5.75 Å². The fourth-order valence-corrected chi connectivity index (χ4v) is 3.53. The van der Waals surface area contributed by atoms with Crippen LogP contribution in [0.15, 0.2) is 53.7 Å². The first-order chi connectivity index (χ1) is 11.6. The zero-order valence-electron chi connectivity index (χ0n) is 14.7. The van der Waals surface area contributed by atoms with Gasteiger partial charge in [0.1, 0.15) is 5.82 Å². The number of thioether (sulfide) groups is 1. The van der Waals surface area contributed by atoms with Gasteiger partial charge in [0.2, 0.25) is 0 Å². The van der Waals surface area contributed by atoms with Crippen molar-refractivity contribution >= 4 is 11.8 Å². The molecular formula is C20H23N3S. The van der Waals surface area contributed by atoms with Crippen LogP contribution in [0.4, 0.5) is 0 Å². The average molecular weight is 337 g/mol. The normalized spacial score (nSPS) is 11.2. The summed E-state index contributed by atoms with van der Waals surface area (Å²) in [6.45, 7) is 8.56. The van der Waals surface area contributed by atoms with Gasteiger partial charge in [-0.2, -0.15) is 0 Å². The molecule has 24 heavy (non-hydrogen) atoms. The standard InChI is InChI=1S/C20H23N3S/c1-14(2)19-21-22-20(23(19)18-8-6-5-7-16(18)4)24-13-17-11-9-15(3)10-12-17/h5-12,14H,13H2,1-4H3. The lowest BCUT2D eigenvalue weighted by Crippen LogP contribution is -2.06. The Balaban J connectivity index is 1.93. The van der Waals surface area contributed by atoms with Crippen LogP contribution < -0.4 is 0 Å². The third-order valence-corrected chi connectivity index (χ3v) is 5.02. The minimum absolute atomic E-state index is 0.325. The molecule has 0 aliphatic rings. The van der Waals surface area contributed by atoms with E-state index in [9.17, 15) is 0 Å². The van der Waals surface area contributed by atoms with Crippen molar-refractivity contribution in [2.75, 3.05) is 0 Å². The molecule has 0 bridgehead atoms. The maximum absolute atomic E-state index is 4.46. The predicted molar refractivity (Wildman–Crippen MR) is 101 cm³/mol. The van der Waals surface area contributed by atoms with Gasteiger partial charge in [-0.3, -0.25) is 4.57 Å². The highest BCUT2D eigenvalue weighted by molar-refractivity contribution is 7.98. The predicted octanol–water partition coefficient (Wildman–Crippen LogP) is 5.30. The molecule has 0 aliphatic carbocycles. The number of benzene rings is 2. The van der Waals surface area contributed by atoms with Gasteiger partial charge in [-0.25, -0.2) is 0 Å². The molecule has 3 rings (SSSR count). The first kappa shape index (κ1) is 16.8. The summed E-state index contributed by atoms with van der Waals surface area (Å²) in [6.07, 6.45) is 0. The van der Waals surface area contributed by atoms with Crippen molar-refractivity contribution in [2.24, 2.45) is 0 Å². The van der Waals surface area contributed by atoms with E-state index in [0.717, 1.165) is 22.4 Å². The van der Waals surface area contributed by atoms with Crippen molar-refractivity contribution < 1.29 is 0 Å². The van der Waals surface area contributed by atoms with Gasteiger partial charge in [-0.05, 0) is 31.0 Å². The Hall–Kier alpha value is -2.07. The van der Waals surface area contributed by atoms with Crippen LogP contribution in [0.2, 0.25) is 0 Å². The molecule has 0 atom stereocenters. The smallest absolute Gasteiger partial charge is 0.196 e.